The van der Waals surface area contributed by atoms with E-state index in [1.54, 1.807) is 6.92 Å². The van der Waals surface area contributed by atoms with Crippen molar-refractivity contribution >= 4 is 5.78 Å². The second-order valence-electron chi connectivity index (χ2n) is 2.35. The van der Waals surface area contributed by atoms with Gasteiger partial charge in [-0.25, -0.2) is 8.78 Å². The number of hydrogen-bond donors (Lipinski definition) is 0. The Hall–Kier alpha value is -0.470. The first-order valence-electron chi connectivity index (χ1n) is 3.38. The average molecular weight is 150 g/mol. The summed E-state index contributed by atoms with van der Waals surface area (Å²) in [5, 5.41) is 0. The summed E-state index contributed by atoms with van der Waals surface area (Å²) in [5.41, 5.74) is 0. The Morgan fingerprint density at radius 1 is 1.50 bits per heavy atom. The Morgan fingerprint density at radius 2 is 2.00 bits per heavy atom. The van der Waals surface area contributed by atoms with Gasteiger partial charge in [0.05, 0.1) is 0 Å². The van der Waals surface area contributed by atoms with Crippen molar-refractivity contribution in [1.82, 2.24) is 0 Å². The van der Waals surface area contributed by atoms with Crippen molar-refractivity contribution in [2.45, 2.75) is 33.1 Å². The lowest BCUT2D eigenvalue weighted by molar-refractivity contribution is -0.123. The van der Waals surface area contributed by atoms with E-state index in [9.17, 15) is 13.6 Å². The van der Waals surface area contributed by atoms with E-state index < -0.39 is 12.3 Å². The molecule has 0 fully saturated rings. The van der Waals surface area contributed by atoms with Gasteiger partial charge >= 0.3 is 0 Å². The van der Waals surface area contributed by atoms with Crippen LogP contribution in [-0.4, -0.2) is 12.2 Å². The lowest BCUT2D eigenvalue weighted by Crippen LogP contribution is -2.12. The zero-order valence-electron chi connectivity index (χ0n) is 6.23. The molecule has 1 nitrogen and oxygen atoms in total. The van der Waals surface area contributed by atoms with Gasteiger partial charge in [0.2, 0.25) is 6.43 Å². The summed E-state index contributed by atoms with van der Waals surface area (Å²) >= 11 is 0. The molecule has 0 aliphatic rings. The Kier molecular flexibility index (Phi) is 4.16. The van der Waals surface area contributed by atoms with E-state index in [0.29, 0.717) is 6.42 Å². The lowest BCUT2D eigenvalue weighted by atomic mass is 10.0. The van der Waals surface area contributed by atoms with E-state index in [1.165, 1.54) is 6.92 Å². The van der Waals surface area contributed by atoms with Gasteiger partial charge < -0.3 is 0 Å². The first-order valence-corrected chi connectivity index (χ1v) is 3.38. The minimum Gasteiger partial charge on any atom is -0.299 e. The first-order chi connectivity index (χ1) is 4.57. The number of hydrogen-bond acceptors (Lipinski definition) is 1. The maximum absolute atomic E-state index is 11.6. The normalized spacial score (nSPS) is 13.7. The number of Topliss-reactive ketones (excluding diaryl/α,β-unsaturated/α-hetero) is 1. The molecular weight excluding hydrogens is 138 g/mol. The lowest BCUT2D eigenvalue weighted by Gasteiger charge is -2.06. The largest absolute Gasteiger partial charge is 0.299 e. The molecule has 0 spiro atoms. The van der Waals surface area contributed by atoms with Crippen LogP contribution in [0.5, 0.6) is 0 Å². The van der Waals surface area contributed by atoms with E-state index in [1.807, 2.05) is 0 Å². The van der Waals surface area contributed by atoms with E-state index in [4.69, 9.17) is 0 Å². The highest BCUT2D eigenvalue weighted by Gasteiger charge is 2.15. The molecule has 0 rings (SSSR count). The van der Waals surface area contributed by atoms with E-state index in [0.717, 1.165) is 0 Å². The fraction of sp³-hybridized carbons (Fsp3) is 0.857. The predicted molar refractivity (Wildman–Crippen MR) is 35.1 cm³/mol. The Morgan fingerprint density at radius 3 is 2.30 bits per heavy atom. The quantitative estimate of drug-likeness (QED) is 0.600. The van der Waals surface area contributed by atoms with Crippen LogP contribution in [-0.2, 0) is 4.79 Å². The fourth-order valence-corrected chi connectivity index (χ4v) is 0.747. The molecule has 0 saturated heterocycles. The monoisotopic (exact) mass is 150 g/mol. The average Bonchev–Trinajstić information content (AvgIpc) is 1.85. The zero-order valence-corrected chi connectivity index (χ0v) is 6.23. The van der Waals surface area contributed by atoms with Gasteiger partial charge in [-0.3, -0.25) is 4.79 Å². The molecule has 0 amide bonds. The third kappa shape index (κ3) is 3.54. The molecule has 0 aromatic carbocycles. The Bertz CT molecular complexity index is 112. The highest BCUT2D eigenvalue weighted by atomic mass is 19.3. The van der Waals surface area contributed by atoms with Crippen LogP contribution in [0.25, 0.3) is 0 Å². The van der Waals surface area contributed by atoms with Gasteiger partial charge in [-0.1, -0.05) is 13.8 Å². The van der Waals surface area contributed by atoms with Gasteiger partial charge in [0.1, 0.15) is 5.78 Å². The van der Waals surface area contributed by atoms with Crippen molar-refractivity contribution < 1.29 is 13.6 Å². The van der Waals surface area contributed by atoms with Gasteiger partial charge in [-0.2, -0.15) is 0 Å². The number of halogens is 2. The van der Waals surface area contributed by atoms with Crippen LogP contribution in [0.1, 0.15) is 26.7 Å². The molecule has 0 aromatic heterocycles. The molecule has 1 unspecified atom stereocenters. The first kappa shape index (κ1) is 9.53. The van der Waals surface area contributed by atoms with Crippen molar-refractivity contribution in [3.8, 4) is 0 Å². The maximum Gasteiger partial charge on any atom is 0.239 e. The molecule has 10 heavy (non-hydrogen) atoms. The van der Waals surface area contributed by atoms with Crippen LogP contribution in [0.4, 0.5) is 8.78 Å². The van der Waals surface area contributed by atoms with Crippen molar-refractivity contribution in [2.24, 2.45) is 5.92 Å². The third-order valence-corrected chi connectivity index (χ3v) is 1.43. The molecule has 0 aliphatic carbocycles. The molecule has 0 aliphatic heterocycles. The van der Waals surface area contributed by atoms with Crippen LogP contribution in [0.2, 0.25) is 0 Å². The molecule has 0 N–H and O–H groups in total. The topological polar surface area (TPSA) is 17.1 Å². The number of ketones is 1. The minimum absolute atomic E-state index is 0.0831. The van der Waals surface area contributed by atoms with E-state index >= 15 is 0 Å². The summed E-state index contributed by atoms with van der Waals surface area (Å²) < 4.78 is 23.3. The maximum atomic E-state index is 11.6. The van der Waals surface area contributed by atoms with Gasteiger partial charge in [-0.15, -0.1) is 0 Å². The van der Waals surface area contributed by atoms with Crippen LogP contribution in [0.15, 0.2) is 0 Å². The molecule has 60 valence electrons. The van der Waals surface area contributed by atoms with Gasteiger partial charge in [0, 0.05) is 18.8 Å². The molecule has 0 radical (unpaired) electrons. The standard InChI is InChI=1S/C7H12F2O/c1-3-6(10)5(2)4-7(8)9/h5,7H,3-4H2,1-2H3. The highest BCUT2D eigenvalue weighted by Crippen LogP contribution is 2.11. The van der Waals surface area contributed by atoms with Crippen molar-refractivity contribution in [2.75, 3.05) is 0 Å². The van der Waals surface area contributed by atoms with Gasteiger partial charge in [-0.05, 0) is 0 Å². The molecule has 0 heterocycles. The van der Waals surface area contributed by atoms with Gasteiger partial charge in [0.25, 0.3) is 0 Å². The van der Waals surface area contributed by atoms with E-state index in [-0.39, 0.29) is 12.2 Å². The van der Waals surface area contributed by atoms with Gasteiger partial charge in [0.15, 0.2) is 0 Å². The second-order valence-corrected chi connectivity index (χ2v) is 2.35. The molecule has 0 bridgehead atoms. The van der Waals surface area contributed by atoms with Crippen molar-refractivity contribution in [3.05, 3.63) is 0 Å². The number of rotatable bonds is 4. The molecular formula is C7H12F2O. The molecule has 0 aromatic rings. The minimum atomic E-state index is -2.36. The Labute approximate surface area is 59.4 Å². The van der Waals surface area contributed by atoms with Crippen molar-refractivity contribution in [3.63, 3.8) is 0 Å². The van der Waals surface area contributed by atoms with Crippen LogP contribution in [0, 0.1) is 5.92 Å². The fourth-order valence-electron chi connectivity index (χ4n) is 0.747. The summed E-state index contributed by atoms with van der Waals surface area (Å²) in [4.78, 5) is 10.7. The molecule has 0 saturated carbocycles. The number of carbonyl (C=O) groups is 1. The summed E-state index contributed by atoms with van der Waals surface area (Å²) in [7, 11) is 0. The number of alkyl halides is 2. The summed E-state index contributed by atoms with van der Waals surface area (Å²) in [6.07, 6.45) is -2.30. The number of carbonyl (C=O) groups excluding carboxylic acids is 1. The van der Waals surface area contributed by atoms with E-state index in [2.05, 4.69) is 0 Å². The van der Waals surface area contributed by atoms with Crippen molar-refractivity contribution in [1.29, 1.82) is 0 Å². The highest BCUT2D eigenvalue weighted by molar-refractivity contribution is 5.80. The predicted octanol–water partition coefficient (Wildman–Crippen LogP) is 2.26. The summed E-state index contributed by atoms with van der Waals surface area (Å²) in [5.74, 6) is -0.565. The Balaban J connectivity index is 3.61. The zero-order chi connectivity index (χ0) is 8.15. The van der Waals surface area contributed by atoms with Crippen LogP contribution in [0.3, 0.4) is 0 Å². The third-order valence-electron chi connectivity index (χ3n) is 1.43. The summed E-state index contributed by atoms with van der Waals surface area (Å²) in [6.45, 7) is 3.22. The van der Waals surface area contributed by atoms with Crippen LogP contribution >= 0.6 is 0 Å². The summed E-state index contributed by atoms with van der Waals surface area (Å²) in [6, 6.07) is 0. The molecule has 1 atom stereocenters. The van der Waals surface area contributed by atoms with Crippen LogP contribution < -0.4 is 0 Å². The second kappa shape index (κ2) is 4.36. The smallest absolute Gasteiger partial charge is 0.239 e. The molecule has 3 heteroatoms. The SMILES string of the molecule is CCC(=O)C(C)CC(F)F.